The maximum Gasteiger partial charge on any atom is 0.352 e. The summed E-state index contributed by atoms with van der Waals surface area (Å²) in [7, 11) is 1.80. The Morgan fingerprint density at radius 1 is 1.33 bits per heavy atom. The molecule has 0 radical (unpaired) electrons. The molecular formula is C18H20N2O3S. The second kappa shape index (κ2) is 6.75. The van der Waals surface area contributed by atoms with Gasteiger partial charge in [0.2, 0.25) is 0 Å². The topological polar surface area (TPSA) is 64.3 Å². The molecule has 3 aromatic rings. The number of fused-ring (bicyclic) bond motifs is 1. The molecule has 0 aliphatic rings. The first-order valence-corrected chi connectivity index (χ1v) is 8.72. The highest BCUT2D eigenvalue weighted by atomic mass is 32.1. The summed E-state index contributed by atoms with van der Waals surface area (Å²) in [6.07, 6.45) is 0. The molecule has 0 aliphatic carbocycles. The van der Waals surface area contributed by atoms with Crippen molar-refractivity contribution in [3.63, 3.8) is 0 Å². The lowest BCUT2D eigenvalue weighted by Crippen LogP contribution is -2.05. The van der Waals surface area contributed by atoms with Crippen LogP contribution >= 0.6 is 11.3 Å². The minimum Gasteiger partial charge on any atom is -0.477 e. The predicted molar refractivity (Wildman–Crippen MR) is 94.6 cm³/mol. The summed E-state index contributed by atoms with van der Waals surface area (Å²) in [5.41, 5.74) is 6.17. The summed E-state index contributed by atoms with van der Waals surface area (Å²) in [6, 6.07) is 5.85. The molecule has 6 heteroatoms. The summed E-state index contributed by atoms with van der Waals surface area (Å²) in [4.78, 5) is 15.6. The van der Waals surface area contributed by atoms with Gasteiger partial charge in [0.05, 0.1) is 29.9 Å². The molecule has 24 heavy (non-hydrogen) atoms. The quantitative estimate of drug-likeness (QED) is 0.729. The molecule has 3 rings (SSSR count). The smallest absolute Gasteiger partial charge is 0.352 e. The molecule has 0 aliphatic heterocycles. The molecule has 5 nitrogen and oxygen atoms in total. The molecule has 0 saturated heterocycles. The fourth-order valence-corrected chi connectivity index (χ4v) is 3.46. The number of carboxylic acid groups (broad SMARTS) is 1. The van der Waals surface area contributed by atoms with Crippen LogP contribution in [0.3, 0.4) is 0 Å². The molecule has 0 fully saturated rings. The van der Waals surface area contributed by atoms with Gasteiger partial charge in [0, 0.05) is 17.8 Å². The summed E-state index contributed by atoms with van der Waals surface area (Å²) in [5, 5.41) is 12.3. The van der Waals surface area contributed by atoms with Gasteiger partial charge in [-0.15, -0.1) is 11.3 Å². The number of carboxylic acids is 1. The molecule has 0 amide bonds. The number of hydrogen-bond acceptors (Lipinski definition) is 4. The van der Waals surface area contributed by atoms with E-state index in [1.807, 2.05) is 11.4 Å². The van der Waals surface area contributed by atoms with E-state index in [9.17, 15) is 9.90 Å². The average Bonchev–Trinajstić information content (AvgIpc) is 3.15. The molecule has 0 atom stereocenters. The lowest BCUT2D eigenvalue weighted by atomic mass is 9.98. The van der Waals surface area contributed by atoms with Gasteiger partial charge in [-0.05, 0) is 29.2 Å². The van der Waals surface area contributed by atoms with Crippen LogP contribution in [0.2, 0.25) is 0 Å². The number of ether oxygens (including phenoxy) is 1. The van der Waals surface area contributed by atoms with E-state index in [-0.39, 0.29) is 0 Å². The molecular weight excluding hydrogens is 324 g/mol. The number of carbonyl (C=O) groups is 1. The minimum atomic E-state index is -0.912. The molecule has 2 aromatic heterocycles. The standard InChI is InChI=1S/C18H20N2O3S/c1-11(2)15-5-12(7-23-8-14-9-24-10-19-14)4-13-6-16(18(21)22)20(3)17(13)15/h4-6,9-11H,7-8H2,1-3H3,(H,21,22). The van der Waals surface area contributed by atoms with E-state index in [1.165, 1.54) is 0 Å². The fourth-order valence-electron chi connectivity index (χ4n) is 2.92. The third-order valence-corrected chi connectivity index (χ3v) is 4.70. The number of benzene rings is 1. The van der Waals surface area contributed by atoms with Gasteiger partial charge in [-0.25, -0.2) is 9.78 Å². The summed E-state index contributed by atoms with van der Waals surface area (Å²) >= 11 is 1.55. The number of aromatic nitrogens is 2. The maximum absolute atomic E-state index is 11.4. The van der Waals surface area contributed by atoms with Gasteiger partial charge < -0.3 is 14.4 Å². The van der Waals surface area contributed by atoms with E-state index in [1.54, 1.807) is 34.5 Å². The second-order valence-corrected chi connectivity index (χ2v) is 6.86. The van der Waals surface area contributed by atoms with Crippen molar-refractivity contribution in [3.8, 4) is 0 Å². The van der Waals surface area contributed by atoms with Crippen molar-refractivity contribution < 1.29 is 14.6 Å². The second-order valence-electron chi connectivity index (χ2n) is 6.14. The van der Waals surface area contributed by atoms with Gasteiger partial charge in [0.1, 0.15) is 5.69 Å². The number of thiazole rings is 1. The van der Waals surface area contributed by atoms with Crippen molar-refractivity contribution in [2.45, 2.75) is 33.0 Å². The van der Waals surface area contributed by atoms with Gasteiger partial charge in [0.25, 0.3) is 0 Å². The van der Waals surface area contributed by atoms with E-state index in [0.29, 0.717) is 24.8 Å². The van der Waals surface area contributed by atoms with E-state index in [0.717, 1.165) is 27.7 Å². The first-order valence-electron chi connectivity index (χ1n) is 7.77. The van der Waals surface area contributed by atoms with Crippen molar-refractivity contribution in [2.24, 2.45) is 7.05 Å². The normalized spacial score (nSPS) is 11.5. The van der Waals surface area contributed by atoms with Crippen LogP contribution < -0.4 is 0 Å². The summed E-state index contributed by atoms with van der Waals surface area (Å²) in [5.74, 6) is -0.619. The Bertz CT molecular complexity index is 866. The highest BCUT2D eigenvalue weighted by Gasteiger charge is 2.17. The van der Waals surface area contributed by atoms with Crippen LogP contribution in [-0.2, 0) is 25.0 Å². The zero-order valence-corrected chi connectivity index (χ0v) is 14.8. The monoisotopic (exact) mass is 344 g/mol. The van der Waals surface area contributed by atoms with Crippen LogP contribution in [0.4, 0.5) is 0 Å². The Morgan fingerprint density at radius 2 is 2.12 bits per heavy atom. The van der Waals surface area contributed by atoms with Gasteiger partial charge in [0.15, 0.2) is 0 Å². The van der Waals surface area contributed by atoms with Crippen LogP contribution in [0.25, 0.3) is 10.9 Å². The van der Waals surface area contributed by atoms with Crippen molar-refractivity contribution in [1.29, 1.82) is 0 Å². The van der Waals surface area contributed by atoms with Crippen LogP contribution in [0.1, 0.15) is 47.1 Å². The van der Waals surface area contributed by atoms with Gasteiger partial charge in [-0.1, -0.05) is 19.9 Å². The molecule has 0 saturated carbocycles. The predicted octanol–water partition coefficient (Wildman–Crippen LogP) is 4.17. The van der Waals surface area contributed by atoms with Crippen molar-refractivity contribution in [3.05, 3.63) is 51.6 Å². The third kappa shape index (κ3) is 3.20. The lowest BCUT2D eigenvalue weighted by Gasteiger charge is -2.13. The largest absolute Gasteiger partial charge is 0.477 e. The number of rotatable bonds is 6. The zero-order chi connectivity index (χ0) is 17.3. The fraction of sp³-hybridized carbons (Fsp3) is 0.333. The number of aryl methyl sites for hydroxylation is 1. The van der Waals surface area contributed by atoms with E-state index in [2.05, 4.69) is 24.9 Å². The Morgan fingerprint density at radius 3 is 2.75 bits per heavy atom. The van der Waals surface area contributed by atoms with Crippen molar-refractivity contribution in [1.82, 2.24) is 9.55 Å². The Balaban J connectivity index is 1.93. The average molecular weight is 344 g/mol. The molecule has 1 N–H and O–H groups in total. The highest BCUT2D eigenvalue weighted by molar-refractivity contribution is 7.07. The first kappa shape index (κ1) is 16.7. The Kier molecular flexibility index (Phi) is 4.69. The van der Waals surface area contributed by atoms with Crippen molar-refractivity contribution in [2.75, 3.05) is 0 Å². The van der Waals surface area contributed by atoms with Gasteiger partial charge >= 0.3 is 5.97 Å². The number of nitrogens with zero attached hydrogens (tertiary/aromatic N) is 2. The van der Waals surface area contributed by atoms with Crippen LogP contribution in [-0.4, -0.2) is 20.6 Å². The van der Waals surface area contributed by atoms with E-state index < -0.39 is 5.97 Å². The van der Waals surface area contributed by atoms with Crippen LogP contribution in [0.15, 0.2) is 29.1 Å². The number of hydrogen-bond donors (Lipinski definition) is 1. The van der Waals surface area contributed by atoms with Crippen molar-refractivity contribution >= 4 is 28.2 Å². The van der Waals surface area contributed by atoms with E-state index >= 15 is 0 Å². The van der Waals surface area contributed by atoms with Gasteiger partial charge in [-0.2, -0.15) is 0 Å². The van der Waals surface area contributed by atoms with Crippen LogP contribution in [0, 0.1) is 0 Å². The molecule has 0 spiro atoms. The molecule has 2 heterocycles. The van der Waals surface area contributed by atoms with Crippen LogP contribution in [0.5, 0.6) is 0 Å². The summed E-state index contributed by atoms with van der Waals surface area (Å²) in [6.45, 7) is 5.18. The SMILES string of the molecule is CC(C)c1cc(COCc2cscn2)cc2cc(C(=O)O)n(C)c12. The first-order chi connectivity index (χ1) is 11.5. The Hall–Kier alpha value is -2.18. The molecule has 0 bridgehead atoms. The molecule has 1 aromatic carbocycles. The zero-order valence-electron chi connectivity index (χ0n) is 13.9. The third-order valence-electron chi connectivity index (χ3n) is 4.06. The molecule has 0 unspecified atom stereocenters. The maximum atomic E-state index is 11.4. The highest BCUT2D eigenvalue weighted by Crippen LogP contribution is 2.30. The van der Waals surface area contributed by atoms with Gasteiger partial charge in [-0.3, -0.25) is 0 Å². The van der Waals surface area contributed by atoms with E-state index in [4.69, 9.17) is 4.74 Å². The minimum absolute atomic E-state index is 0.293. The molecule has 126 valence electrons. The Labute approximate surface area is 144 Å². The number of aromatic carboxylic acids is 1. The summed E-state index contributed by atoms with van der Waals surface area (Å²) < 4.78 is 7.51. The lowest BCUT2D eigenvalue weighted by molar-refractivity contribution is 0.0687.